The van der Waals surface area contributed by atoms with Crippen molar-refractivity contribution in [3.63, 3.8) is 0 Å². The molecule has 0 bridgehead atoms. The molecule has 1 amide bonds. The van der Waals surface area contributed by atoms with Gasteiger partial charge in [-0.3, -0.25) is 4.79 Å². The van der Waals surface area contributed by atoms with Crippen LogP contribution in [0.1, 0.15) is 18.4 Å². The summed E-state index contributed by atoms with van der Waals surface area (Å²) in [5, 5.41) is 15.2. The van der Waals surface area contributed by atoms with Crippen LogP contribution in [0.5, 0.6) is 5.75 Å². The molecule has 3 heterocycles. The van der Waals surface area contributed by atoms with E-state index in [-0.39, 0.29) is 30.7 Å². The summed E-state index contributed by atoms with van der Waals surface area (Å²) in [6.07, 6.45) is 0.0733. The zero-order valence-electron chi connectivity index (χ0n) is 17.6. The van der Waals surface area contributed by atoms with Crippen molar-refractivity contribution < 1.29 is 22.7 Å². The number of halogens is 3. The van der Waals surface area contributed by atoms with E-state index in [1.807, 2.05) is 11.0 Å². The Labute approximate surface area is 187 Å². The Bertz CT molecular complexity index is 1060. The monoisotopic (exact) mass is 461 g/mol. The maximum atomic E-state index is 12.8. The third kappa shape index (κ3) is 5.76. The molecule has 12 heteroatoms. The number of piperidine rings is 1. The highest BCUT2D eigenvalue weighted by Crippen LogP contribution is 2.31. The lowest BCUT2D eigenvalue weighted by Gasteiger charge is -2.32. The summed E-state index contributed by atoms with van der Waals surface area (Å²) in [7, 11) is 0. The number of alkyl halides is 3. The van der Waals surface area contributed by atoms with Crippen LogP contribution in [0.15, 0.2) is 49.1 Å². The van der Waals surface area contributed by atoms with Gasteiger partial charge >= 0.3 is 6.18 Å². The molecule has 0 aliphatic carbocycles. The van der Waals surface area contributed by atoms with Crippen LogP contribution in [0.3, 0.4) is 0 Å². The molecule has 33 heavy (non-hydrogen) atoms. The zero-order valence-corrected chi connectivity index (χ0v) is 17.6. The van der Waals surface area contributed by atoms with Gasteiger partial charge in [0, 0.05) is 13.1 Å². The lowest BCUT2D eigenvalue weighted by atomic mass is 9.97. The molecule has 0 spiro atoms. The third-order valence-electron chi connectivity index (χ3n) is 5.24. The smallest absolute Gasteiger partial charge is 0.416 e. The van der Waals surface area contributed by atoms with Crippen molar-refractivity contribution in [1.82, 2.24) is 30.3 Å². The Kier molecular flexibility index (Phi) is 6.71. The summed E-state index contributed by atoms with van der Waals surface area (Å²) in [5.74, 6) is 0.965. The van der Waals surface area contributed by atoms with Gasteiger partial charge in [0.15, 0.2) is 11.6 Å². The van der Waals surface area contributed by atoms with E-state index in [1.165, 1.54) is 29.5 Å². The van der Waals surface area contributed by atoms with Crippen LogP contribution in [-0.2, 0) is 11.0 Å². The second-order valence-electron chi connectivity index (χ2n) is 7.54. The average molecular weight is 461 g/mol. The minimum Gasteiger partial charge on any atom is -0.492 e. The van der Waals surface area contributed by atoms with E-state index in [0.29, 0.717) is 18.2 Å². The highest BCUT2D eigenvalue weighted by Gasteiger charge is 2.30. The quantitative estimate of drug-likeness (QED) is 0.540. The van der Waals surface area contributed by atoms with Crippen LogP contribution in [0, 0.1) is 5.92 Å². The Morgan fingerprint density at radius 2 is 2.00 bits per heavy atom. The van der Waals surface area contributed by atoms with Crippen LogP contribution in [0.4, 0.5) is 19.0 Å². The SMILES string of the molecule is O=C(NCCOc1cccc(C(F)(F)F)c1)C1CCCN(c2ccc(-n3cncn3)nn2)C1. The minimum absolute atomic E-state index is 0.0682. The molecular weight excluding hydrogens is 439 g/mol. The number of ether oxygens (including phenoxy) is 1. The number of nitrogens with one attached hydrogen (secondary N) is 1. The van der Waals surface area contributed by atoms with Gasteiger partial charge in [-0.25, -0.2) is 9.67 Å². The van der Waals surface area contributed by atoms with Crippen molar-refractivity contribution in [2.45, 2.75) is 19.0 Å². The summed E-state index contributed by atoms with van der Waals surface area (Å²) in [5.41, 5.74) is -0.774. The number of rotatable bonds is 7. The first-order valence-electron chi connectivity index (χ1n) is 10.4. The van der Waals surface area contributed by atoms with Crippen LogP contribution in [-0.4, -0.2) is 57.1 Å². The molecule has 0 radical (unpaired) electrons. The molecule has 0 saturated carbocycles. The average Bonchev–Trinajstić information content (AvgIpc) is 3.37. The third-order valence-corrected chi connectivity index (χ3v) is 5.24. The highest BCUT2D eigenvalue weighted by atomic mass is 19.4. The molecule has 1 aromatic carbocycles. The van der Waals surface area contributed by atoms with Crippen molar-refractivity contribution in [3.8, 4) is 11.6 Å². The number of anilines is 1. The standard InChI is InChI=1S/C21H22F3N7O2/c22-21(23,24)16-4-1-5-17(11-16)33-10-8-26-20(32)15-3-2-9-30(12-15)18-6-7-19(29-28-18)31-14-25-13-27-31/h1,4-7,11,13-15H,2-3,8-10,12H2,(H,26,32). The lowest BCUT2D eigenvalue weighted by Crippen LogP contribution is -2.44. The van der Waals surface area contributed by atoms with Crippen LogP contribution in [0.2, 0.25) is 0 Å². The van der Waals surface area contributed by atoms with Gasteiger partial charge in [-0.2, -0.15) is 18.3 Å². The van der Waals surface area contributed by atoms with Gasteiger partial charge in [-0.05, 0) is 43.2 Å². The highest BCUT2D eigenvalue weighted by molar-refractivity contribution is 5.79. The molecule has 9 nitrogen and oxygen atoms in total. The van der Waals surface area contributed by atoms with E-state index in [2.05, 4.69) is 25.6 Å². The molecule has 2 aromatic heterocycles. The molecule has 1 aliphatic heterocycles. The van der Waals surface area contributed by atoms with E-state index in [1.54, 1.807) is 6.07 Å². The van der Waals surface area contributed by atoms with E-state index in [0.717, 1.165) is 31.5 Å². The number of aromatic nitrogens is 5. The largest absolute Gasteiger partial charge is 0.492 e. The number of carbonyl (C=O) groups excluding carboxylic acids is 1. The maximum Gasteiger partial charge on any atom is 0.416 e. The van der Waals surface area contributed by atoms with Gasteiger partial charge in [-0.1, -0.05) is 6.07 Å². The van der Waals surface area contributed by atoms with E-state index in [9.17, 15) is 18.0 Å². The number of benzene rings is 1. The Hall–Kier alpha value is -3.70. The maximum absolute atomic E-state index is 12.8. The lowest BCUT2D eigenvalue weighted by molar-refractivity contribution is -0.137. The normalized spacial score (nSPS) is 16.5. The fraction of sp³-hybridized carbons (Fsp3) is 0.381. The molecular formula is C21H22F3N7O2. The van der Waals surface area contributed by atoms with Gasteiger partial charge in [0.05, 0.1) is 18.0 Å². The van der Waals surface area contributed by atoms with Gasteiger partial charge < -0.3 is 15.0 Å². The summed E-state index contributed by atoms with van der Waals surface area (Å²) >= 11 is 0. The fourth-order valence-electron chi connectivity index (χ4n) is 3.58. The first kappa shape index (κ1) is 22.5. The molecule has 3 aromatic rings. The minimum atomic E-state index is -4.43. The summed E-state index contributed by atoms with van der Waals surface area (Å²) in [6.45, 7) is 1.52. The van der Waals surface area contributed by atoms with Gasteiger partial charge in [0.25, 0.3) is 0 Å². The zero-order chi connectivity index (χ0) is 23.3. The van der Waals surface area contributed by atoms with Gasteiger partial charge in [0.1, 0.15) is 25.0 Å². The summed E-state index contributed by atoms with van der Waals surface area (Å²) in [4.78, 5) is 18.5. The first-order valence-corrected chi connectivity index (χ1v) is 10.4. The topological polar surface area (TPSA) is 98.1 Å². The predicted molar refractivity (Wildman–Crippen MR) is 112 cm³/mol. The molecule has 1 N–H and O–H groups in total. The molecule has 1 fully saturated rings. The summed E-state index contributed by atoms with van der Waals surface area (Å²) in [6, 6.07) is 8.27. The van der Waals surface area contributed by atoms with E-state index in [4.69, 9.17) is 4.74 Å². The molecule has 1 aliphatic rings. The van der Waals surface area contributed by atoms with Crippen molar-refractivity contribution in [1.29, 1.82) is 0 Å². The van der Waals surface area contributed by atoms with Gasteiger partial charge in [-0.15, -0.1) is 10.2 Å². The Morgan fingerprint density at radius 3 is 2.73 bits per heavy atom. The van der Waals surface area contributed by atoms with Gasteiger partial charge in [0.2, 0.25) is 5.91 Å². The van der Waals surface area contributed by atoms with Crippen molar-refractivity contribution in [2.75, 3.05) is 31.1 Å². The van der Waals surface area contributed by atoms with Crippen molar-refractivity contribution in [3.05, 3.63) is 54.6 Å². The number of hydrogen-bond acceptors (Lipinski definition) is 7. The number of amides is 1. The molecule has 1 unspecified atom stereocenters. The molecule has 4 rings (SSSR count). The summed E-state index contributed by atoms with van der Waals surface area (Å²) < 4.78 is 45.2. The number of nitrogens with zero attached hydrogens (tertiary/aromatic N) is 6. The van der Waals surface area contributed by atoms with Crippen LogP contribution < -0.4 is 15.0 Å². The molecule has 1 saturated heterocycles. The first-order chi connectivity index (χ1) is 15.9. The predicted octanol–water partition coefficient (Wildman–Crippen LogP) is 2.49. The number of hydrogen-bond donors (Lipinski definition) is 1. The second kappa shape index (κ2) is 9.84. The van der Waals surface area contributed by atoms with Crippen molar-refractivity contribution in [2.24, 2.45) is 5.92 Å². The molecule has 1 atom stereocenters. The van der Waals surface area contributed by atoms with E-state index < -0.39 is 11.7 Å². The Morgan fingerprint density at radius 1 is 1.18 bits per heavy atom. The van der Waals surface area contributed by atoms with Crippen LogP contribution in [0.25, 0.3) is 5.82 Å². The molecule has 174 valence electrons. The number of carbonyl (C=O) groups is 1. The Balaban J connectivity index is 1.25. The van der Waals surface area contributed by atoms with Crippen molar-refractivity contribution >= 4 is 11.7 Å². The fourth-order valence-corrected chi connectivity index (χ4v) is 3.58. The van der Waals surface area contributed by atoms with Crippen LogP contribution >= 0.6 is 0 Å². The van der Waals surface area contributed by atoms with E-state index >= 15 is 0 Å². The second-order valence-corrected chi connectivity index (χ2v) is 7.54.